The van der Waals surface area contributed by atoms with Crippen molar-refractivity contribution in [3.05, 3.63) is 0 Å². The highest BCUT2D eigenvalue weighted by atomic mass is 31.1. The molecule has 0 saturated carbocycles. The first-order valence-corrected chi connectivity index (χ1v) is 6.03. The summed E-state index contributed by atoms with van der Waals surface area (Å²) in [4.78, 5) is 4.26. The van der Waals surface area contributed by atoms with Gasteiger partial charge in [-0.05, 0) is 12.8 Å². The van der Waals surface area contributed by atoms with Crippen LogP contribution < -0.4 is 10.4 Å². The molecule has 82 valence electrons. The Morgan fingerprint density at radius 1 is 1.29 bits per heavy atom. The second kappa shape index (κ2) is 10.5. The molecule has 0 heterocycles. The fourth-order valence-corrected chi connectivity index (χ4v) is 1.14. The Morgan fingerprint density at radius 2 is 2.00 bits per heavy atom. The van der Waals surface area contributed by atoms with Crippen molar-refractivity contribution < 1.29 is 4.57 Å². The molecule has 0 fully saturated rings. The zero-order chi connectivity index (χ0) is 10.6. The van der Waals surface area contributed by atoms with Gasteiger partial charge in [0.15, 0.2) is 0 Å². The van der Waals surface area contributed by atoms with Crippen molar-refractivity contribution >= 4 is 14.6 Å². The van der Waals surface area contributed by atoms with Gasteiger partial charge in [0.1, 0.15) is 0 Å². The molecule has 0 aromatic heterocycles. The predicted octanol–water partition coefficient (Wildman–Crippen LogP) is 2.33. The summed E-state index contributed by atoms with van der Waals surface area (Å²) >= 11 is 0. The number of nitrogens with one attached hydrogen (secondary N) is 2. The van der Waals surface area contributed by atoms with E-state index in [0.717, 1.165) is 38.8 Å². The Balaban J connectivity index is 3.74. The van der Waals surface area contributed by atoms with Crippen molar-refractivity contribution in [1.29, 1.82) is 0 Å². The van der Waals surface area contributed by atoms with E-state index in [9.17, 15) is 4.57 Å². The molecule has 5 heteroatoms. The van der Waals surface area contributed by atoms with Crippen molar-refractivity contribution in [2.45, 2.75) is 39.5 Å². The van der Waals surface area contributed by atoms with Crippen LogP contribution in [0.1, 0.15) is 39.5 Å². The van der Waals surface area contributed by atoms with Crippen molar-refractivity contribution in [2.75, 3.05) is 13.1 Å². The minimum Gasteiger partial charge on any atom is -0.356 e. The lowest BCUT2D eigenvalue weighted by atomic mass is 10.3. The Bertz CT molecular complexity index is 173. The average molecular weight is 217 g/mol. The fraction of sp³-hybridized carbons (Fsp3) is 0.889. The lowest BCUT2D eigenvalue weighted by Crippen LogP contribution is -2.32. The predicted molar refractivity (Wildman–Crippen MR) is 60.9 cm³/mol. The van der Waals surface area contributed by atoms with Crippen LogP contribution in [0.2, 0.25) is 0 Å². The molecule has 0 aromatic carbocycles. The van der Waals surface area contributed by atoms with Crippen molar-refractivity contribution in [2.24, 2.45) is 4.99 Å². The molecular weight excluding hydrogens is 197 g/mol. The largest absolute Gasteiger partial charge is 0.356 e. The summed E-state index contributed by atoms with van der Waals surface area (Å²) in [7, 11) is -0.0994. The van der Waals surface area contributed by atoms with Gasteiger partial charge in [0.05, 0.1) is 0 Å². The Hall–Kier alpha value is -0.630. The topological polar surface area (TPSA) is 53.5 Å². The standard InChI is InChI=1S/C9H20N3OP/c1-3-5-7-10-9(12-14-13)11-8-6-4-2/h3-8H2,1-2H3,(H2,10,11,12,13). The molecule has 0 aliphatic heterocycles. The van der Waals surface area contributed by atoms with E-state index in [1.807, 2.05) is 0 Å². The third-order valence-electron chi connectivity index (χ3n) is 1.76. The highest BCUT2D eigenvalue weighted by Gasteiger charge is 1.95. The van der Waals surface area contributed by atoms with Crippen LogP contribution in [0, 0.1) is 0 Å². The Kier molecular flexibility index (Phi) is 9.98. The van der Waals surface area contributed by atoms with Gasteiger partial charge in [0, 0.05) is 13.1 Å². The van der Waals surface area contributed by atoms with E-state index < -0.39 is 0 Å². The number of hydrogen-bond acceptors (Lipinski definition) is 2. The molecule has 14 heavy (non-hydrogen) atoms. The summed E-state index contributed by atoms with van der Waals surface area (Å²) in [6, 6.07) is 0. The second-order valence-corrected chi connectivity index (χ2v) is 3.47. The molecule has 0 unspecified atom stereocenters. The minimum absolute atomic E-state index is 0.0994. The third-order valence-corrected chi connectivity index (χ3v) is 2.06. The molecule has 4 nitrogen and oxygen atoms in total. The highest BCUT2D eigenvalue weighted by molar-refractivity contribution is 7.22. The number of guanidine groups is 1. The molecule has 0 rings (SSSR count). The third kappa shape index (κ3) is 7.99. The number of rotatable bonds is 7. The molecule has 0 bridgehead atoms. The van der Waals surface area contributed by atoms with E-state index >= 15 is 0 Å². The quantitative estimate of drug-likeness (QED) is 0.298. The van der Waals surface area contributed by atoms with E-state index in [-0.39, 0.29) is 8.61 Å². The smallest absolute Gasteiger partial charge is 0.281 e. The maximum absolute atomic E-state index is 10.3. The van der Waals surface area contributed by atoms with Crippen molar-refractivity contribution in [1.82, 2.24) is 10.4 Å². The van der Waals surface area contributed by atoms with Crippen LogP contribution in [0.4, 0.5) is 0 Å². The first-order chi connectivity index (χ1) is 6.85. The summed E-state index contributed by atoms with van der Waals surface area (Å²) in [6.07, 6.45) is 4.44. The molecule has 0 aliphatic rings. The van der Waals surface area contributed by atoms with Gasteiger partial charge in [-0.15, -0.1) is 0 Å². The van der Waals surface area contributed by atoms with Gasteiger partial charge in [-0.1, -0.05) is 26.7 Å². The monoisotopic (exact) mass is 217 g/mol. The van der Waals surface area contributed by atoms with Crippen molar-refractivity contribution in [3.8, 4) is 0 Å². The van der Waals surface area contributed by atoms with Crippen LogP contribution in [-0.4, -0.2) is 19.0 Å². The summed E-state index contributed by atoms with van der Waals surface area (Å²) < 4.78 is 10.3. The Labute approximate surface area is 87.8 Å². The van der Waals surface area contributed by atoms with E-state index in [4.69, 9.17) is 0 Å². The second-order valence-electron chi connectivity index (χ2n) is 3.07. The van der Waals surface area contributed by atoms with Crippen molar-refractivity contribution in [3.63, 3.8) is 0 Å². The Morgan fingerprint density at radius 3 is 2.57 bits per heavy atom. The van der Waals surface area contributed by atoms with Crippen LogP contribution >= 0.6 is 8.61 Å². The SMILES string of the molecule is CCCCN=C(NCCCC)NP=O. The van der Waals surface area contributed by atoms with Crippen LogP contribution in [-0.2, 0) is 4.57 Å². The molecule has 0 amide bonds. The molecule has 0 atom stereocenters. The molecule has 2 N–H and O–H groups in total. The van der Waals surface area contributed by atoms with Gasteiger partial charge in [0.25, 0.3) is 8.61 Å². The normalized spacial score (nSPS) is 11.7. The maximum atomic E-state index is 10.3. The van der Waals surface area contributed by atoms with Gasteiger partial charge in [-0.2, -0.15) is 0 Å². The molecule has 0 spiro atoms. The van der Waals surface area contributed by atoms with Gasteiger partial charge in [-0.25, -0.2) is 4.57 Å². The summed E-state index contributed by atoms with van der Waals surface area (Å²) in [5.41, 5.74) is 0. The van der Waals surface area contributed by atoms with E-state index in [2.05, 4.69) is 29.2 Å². The van der Waals surface area contributed by atoms with Gasteiger partial charge in [-0.3, -0.25) is 10.1 Å². The fourth-order valence-electron chi connectivity index (χ4n) is 0.907. The molecular formula is C9H20N3OP. The molecule has 0 aliphatic carbocycles. The number of aliphatic imine (C=N–C) groups is 1. The number of hydrogen-bond donors (Lipinski definition) is 2. The average Bonchev–Trinajstić information content (AvgIpc) is 2.18. The lowest BCUT2D eigenvalue weighted by Gasteiger charge is -2.06. The zero-order valence-corrected chi connectivity index (χ0v) is 9.94. The van der Waals surface area contributed by atoms with Gasteiger partial charge < -0.3 is 5.32 Å². The first-order valence-electron chi connectivity index (χ1n) is 5.21. The highest BCUT2D eigenvalue weighted by Crippen LogP contribution is 1.90. The minimum atomic E-state index is -0.0994. The van der Waals surface area contributed by atoms with Crippen LogP contribution in [0.5, 0.6) is 0 Å². The van der Waals surface area contributed by atoms with Gasteiger partial charge in [0.2, 0.25) is 5.96 Å². The van der Waals surface area contributed by atoms with Crippen LogP contribution in [0.15, 0.2) is 4.99 Å². The summed E-state index contributed by atoms with van der Waals surface area (Å²) in [5, 5.41) is 5.77. The molecule has 0 aromatic rings. The summed E-state index contributed by atoms with van der Waals surface area (Å²) in [5.74, 6) is 0.642. The summed E-state index contributed by atoms with van der Waals surface area (Å²) in [6.45, 7) is 5.92. The molecule has 0 saturated heterocycles. The van der Waals surface area contributed by atoms with E-state index in [1.54, 1.807) is 0 Å². The zero-order valence-electron chi connectivity index (χ0n) is 9.05. The van der Waals surface area contributed by atoms with Crippen LogP contribution in [0.3, 0.4) is 0 Å². The number of nitrogens with zero attached hydrogens (tertiary/aromatic N) is 1. The first kappa shape index (κ1) is 13.4. The lowest BCUT2D eigenvalue weighted by molar-refractivity contribution is 0.596. The molecule has 0 radical (unpaired) electrons. The van der Waals surface area contributed by atoms with E-state index in [1.165, 1.54) is 0 Å². The van der Waals surface area contributed by atoms with E-state index in [0.29, 0.717) is 5.96 Å². The number of unbranched alkanes of at least 4 members (excludes halogenated alkanes) is 2. The maximum Gasteiger partial charge on any atom is 0.281 e. The van der Waals surface area contributed by atoms with Crippen LogP contribution in [0.25, 0.3) is 0 Å². The van der Waals surface area contributed by atoms with Gasteiger partial charge >= 0.3 is 0 Å².